The van der Waals surface area contributed by atoms with Gasteiger partial charge in [-0.1, -0.05) is 48.8 Å². The Morgan fingerprint density at radius 1 is 1.26 bits per heavy atom. The normalized spacial score (nSPS) is 23.0. The van der Waals surface area contributed by atoms with E-state index in [1.54, 1.807) is 37.3 Å². The smallest absolute Gasteiger partial charge is 0.327 e. The molecule has 1 aromatic carbocycles. The Kier molecular flexibility index (Phi) is 6.67. The van der Waals surface area contributed by atoms with Gasteiger partial charge in [-0.25, -0.2) is 4.79 Å². The van der Waals surface area contributed by atoms with Crippen LogP contribution >= 0.6 is 0 Å². The standard InChI is InChI=1S/C24H28N4O6/c1-3-16-9-11-24(12-10-16)22(31)28(23(32)26-24)14-19(29)33-20(17-7-5-4-6-8-17)21(30)25-18-13-15(2)34-27-18/h4-8,13,16,20H,3,9-12,14H2,1-2H3,(H,26,32)(H,25,27,30). The van der Waals surface area contributed by atoms with Crippen LogP contribution in [-0.4, -0.2) is 46.0 Å². The third-order valence-corrected chi connectivity index (χ3v) is 6.54. The third kappa shape index (κ3) is 4.80. The number of amides is 4. The highest BCUT2D eigenvalue weighted by molar-refractivity contribution is 6.09. The molecular formula is C24H28N4O6. The average molecular weight is 469 g/mol. The first kappa shape index (κ1) is 23.5. The number of aryl methyl sites for hydroxylation is 1. The highest BCUT2D eigenvalue weighted by Crippen LogP contribution is 2.37. The molecule has 34 heavy (non-hydrogen) atoms. The Labute approximate surface area is 197 Å². The number of carbonyl (C=O) groups excluding carboxylic acids is 4. The van der Waals surface area contributed by atoms with Gasteiger partial charge in [-0.05, 0) is 38.5 Å². The van der Waals surface area contributed by atoms with E-state index in [-0.39, 0.29) is 5.82 Å². The van der Waals surface area contributed by atoms with E-state index in [0.29, 0.717) is 30.1 Å². The number of hydrogen-bond donors (Lipinski definition) is 2. The van der Waals surface area contributed by atoms with Gasteiger partial charge in [0.25, 0.3) is 11.8 Å². The first-order valence-corrected chi connectivity index (χ1v) is 11.4. The van der Waals surface area contributed by atoms with Crippen LogP contribution in [0, 0.1) is 12.8 Å². The van der Waals surface area contributed by atoms with Crippen molar-refractivity contribution in [2.75, 3.05) is 11.9 Å². The molecule has 10 nitrogen and oxygen atoms in total. The lowest BCUT2D eigenvalue weighted by atomic mass is 9.75. The van der Waals surface area contributed by atoms with Gasteiger partial charge in [-0.3, -0.25) is 19.3 Å². The molecular weight excluding hydrogens is 440 g/mol. The minimum Gasteiger partial charge on any atom is -0.446 e. The van der Waals surface area contributed by atoms with Crippen LogP contribution in [0.2, 0.25) is 0 Å². The van der Waals surface area contributed by atoms with Crippen LogP contribution in [0.25, 0.3) is 0 Å². The number of hydrogen-bond acceptors (Lipinski definition) is 7. The molecule has 2 fully saturated rings. The number of urea groups is 1. The fourth-order valence-corrected chi connectivity index (χ4v) is 4.55. The summed E-state index contributed by atoms with van der Waals surface area (Å²) in [6.07, 6.45) is 2.52. The molecule has 1 aromatic heterocycles. The van der Waals surface area contributed by atoms with Crippen molar-refractivity contribution in [2.45, 2.75) is 57.6 Å². The Bertz CT molecular complexity index is 1070. The molecule has 1 aliphatic heterocycles. The van der Waals surface area contributed by atoms with Crippen molar-refractivity contribution in [3.63, 3.8) is 0 Å². The Morgan fingerprint density at radius 2 is 1.97 bits per heavy atom. The molecule has 1 aliphatic carbocycles. The van der Waals surface area contributed by atoms with Crippen molar-refractivity contribution in [1.29, 1.82) is 0 Å². The molecule has 180 valence electrons. The summed E-state index contributed by atoms with van der Waals surface area (Å²) in [6, 6.07) is 9.37. The maximum atomic E-state index is 13.1. The zero-order valence-electron chi connectivity index (χ0n) is 19.2. The maximum Gasteiger partial charge on any atom is 0.327 e. The molecule has 1 spiro atoms. The van der Waals surface area contributed by atoms with Crippen molar-refractivity contribution >= 4 is 29.6 Å². The summed E-state index contributed by atoms with van der Waals surface area (Å²) in [6.45, 7) is 3.21. The van der Waals surface area contributed by atoms with E-state index in [4.69, 9.17) is 9.26 Å². The molecule has 0 radical (unpaired) electrons. The predicted molar refractivity (Wildman–Crippen MR) is 120 cm³/mol. The lowest BCUT2D eigenvalue weighted by molar-refractivity contribution is -0.156. The number of carbonyl (C=O) groups is 4. The van der Waals surface area contributed by atoms with Gasteiger partial charge < -0.3 is 19.9 Å². The minimum absolute atomic E-state index is 0.179. The average Bonchev–Trinajstić information content (AvgIpc) is 3.34. The van der Waals surface area contributed by atoms with Gasteiger partial charge in [0.2, 0.25) is 6.10 Å². The molecule has 4 amide bonds. The maximum absolute atomic E-state index is 13.1. The van der Waals surface area contributed by atoms with Crippen LogP contribution < -0.4 is 10.6 Å². The van der Waals surface area contributed by atoms with Crippen molar-refractivity contribution in [2.24, 2.45) is 5.92 Å². The number of rotatable bonds is 7. The SMILES string of the molecule is CCC1CCC2(CC1)NC(=O)N(CC(=O)OC(C(=O)Nc1cc(C)on1)c1ccccc1)C2=O. The highest BCUT2D eigenvalue weighted by Gasteiger charge is 2.52. The van der Waals surface area contributed by atoms with E-state index in [1.165, 1.54) is 6.07 Å². The number of nitrogens with one attached hydrogen (secondary N) is 2. The third-order valence-electron chi connectivity index (χ3n) is 6.54. The summed E-state index contributed by atoms with van der Waals surface area (Å²) in [7, 11) is 0. The van der Waals surface area contributed by atoms with Gasteiger partial charge in [-0.2, -0.15) is 0 Å². The lowest BCUT2D eigenvalue weighted by Crippen LogP contribution is -2.49. The van der Waals surface area contributed by atoms with E-state index < -0.39 is 42.0 Å². The zero-order chi connectivity index (χ0) is 24.3. The summed E-state index contributed by atoms with van der Waals surface area (Å²) in [5, 5.41) is 9.07. The monoisotopic (exact) mass is 468 g/mol. The van der Waals surface area contributed by atoms with E-state index in [1.807, 2.05) is 0 Å². The second-order valence-corrected chi connectivity index (χ2v) is 8.85. The van der Waals surface area contributed by atoms with Crippen LogP contribution in [0.15, 0.2) is 40.9 Å². The van der Waals surface area contributed by atoms with Crippen molar-refractivity contribution in [3.8, 4) is 0 Å². The zero-order valence-corrected chi connectivity index (χ0v) is 19.2. The molecule has 4 rings (SSSR count). The summed E-state index contributed by atoms with van der Waals surface area (Å²) < 4.78 is 10.4. The number of anilines is 1. The number of ether oxygens (including phenoxy) is 1. The van der Waals surface area contributed by atoms with Crippen LogP contribution in [0.5, 0.6) is 0 Å². The highest BCUT2D eigenvalue weighted by atomic mass is 16.5. The van der Waals surface area contributed by atoms with Gasteiger partial charge in [0.1, 0.15) is 17.8 Å². The van der Waals surface area contributed by atoms with Crippen molar-refractivity contribution < 1.29 is 28.4 Å². The summed E-state index contributed by atoms with van der Waals surface area (Å²) in [5.41, 5.74) is -0.524. The largest absolute Gasteiger partial charge is 0.446 e. The van der Waals surface area contributed by atoms with Gasteiger partial charge in [-0.15, -0.1) is 0 Å². The molecule has 1 saturated heterocycles. The van der Waals surface area contributed by atoms with Gasteiger partial charge in [0.05, 0.1) is 0 Å². The van der Waals surface area contributed by atoms with Crippen LogP contribution in [0.4, 0.5) is 10.6 Å². The molecule has 1 unspecified atom stereocenters. The Morgan fingerprint density at radius 3 is 2.59 bits per heavy atom. The topological polar surface area (TPSA) is 131 Å². The number of aromatic nitrogens is 1. The van der Waals surface area contributed by atoms with Crippen molar-refractivity contribution in [1.82, 2.24) is 15.4 Å². The first-order chi connectivity index (χ1) is 16.3. The molecule has 2 N–H and O–H groups in total. The molecule has 2 aliphatic rings. The fourth-order valence-electron chi connectivity index (χ4n) is 4.55. The molecule has 2 aromatic rings. The minimum atomic E-state index is -1.31. The van der Waals surface area contributed by atoms with E-state index in [2.05, 4.69) is 22.7 Å². The molecule has 1 saturated carbocycles. The predicted octanol–water partition coefficient (Wildman–Crippen LogP) is 3.10. The van der Waals surface area contributed by atoms with Gasteiger partial charge >= 0.3 is 12.0 Å². The van der Waals surface area contributed by atoms with Crippen LogP contribution in [-0.2, 0) is 19.1 Å². The van der Waals surface area contributed by atoms with Crippen molar-refractivity contribution in [3.05, 3.63) is 47.7 Å². The molecule has 0 bridgehead atoms. The second kappa shape index (κ2) is 9.66. The number of esters is 1. The fraction of sp³-hybridized carbons (Fsp3) is 0.458. The molecule has 2 heterocycles. The second-order valence-electron chi connectivity index (χ2n) is 8.85. The van der Waals surface area contributed by atoms with E-state index in [9.17, 15) is 19.2 Å². The lowest BCUT2D eigenvalue weighted by Gasteiger charge is -2.34. The number of benzene rings is 1. The Hall–Kier alpha value is -3.69. The van der Waals surface area contributed by atoms with Gasteiger partial charge in [0, 0.05) is 11.6 Å². The van der Waals surface area contributed by atoms with E-state index in [0.717, 1.165) is 24.2 Å². The number of imide groups is 1. The summed E-state index contributed by atoms with van der Waals surface area (Å²) in [5.74, 6) is -0.708. The number of nitrogens with zero attached hydrogens (tertiary/aromatic N) is 2. The summed E-state index contributed by atoms with van der Waals surface area (Å²) in [4.78, 5) is 52.2. The molecule has 1 atom stereocenters. The van der Waals surface area contributed by atoms with Crippen LogP contribution in [0.3, 0.4) is 0 Å². The summed E-state index contributed by atoms with van der Waals surface area (Å²) >= 11 is 0. The quantitative estimate of drug-likeness (QED) is 0.471. The van der Waals surface area contributed by atoms with Gasteiger partial charge in [0.15, 0.2) is 5.82 Å². The Balaban J connectivity index is 1.45. The van der Waals surface area contributed by atoms with E-state index >= 15 is 0 Å². The van der Waals surface area contributed by atoms with Crippen LogP contribution in [0.1, 0.15) is 56.5 Å². The first-order valence-electron chi connectivity index (χ1n) is 11.4. The molecule has 10 heteroatoms.